The van der Waals surface area contributed by atoms with E-state index in [1.807, 2.05) is 58.0 Å². The van der Waals surface area contributed by atoms with Gasteiger partial charge in [-0.2, -0.15) is 5.01 Å². The van der Waals surface area contributed by atoms with Gasteiger partial charge in [0.05, 0.1) is 6.54 Å². The zero-order valence-electron chi connectivity index (χ0n) is 19.0. The number of carbonyl (C=O) groups excluding carboxylic acids is 4. The number of nitrogens with zero attached hydrogens (tertiary/aromatic N) is 1. The van der Waals surface area contributed by atoms with Gasteiger partial charge < -0.3 is 15.5 Å². The summed E-state index contributed by atoms with van der Waals surface area (Å²) in [6.45, 7) is 9.80. The van der Waals surface area contributed by atoms with Crippen LogP contribution in [0.5, 0.6) is 0 Å². The van der Waals surface area contributed by atoms with E-state index in [9.17, 15) is 19.2 Å². The maximum Gasteiger partial charge on any atom is 0.344 e. The van der Waals surface area contributed by atoms with Crippen molar-refractivity contribution in [2.24, 2.45) is 0 Å². The zero-order valence-corrected chi connectivity index (χ0v) is 19.0. The van der Waals surface area contributed by atoms with Crippen molar-refractivity contribution in [1.29, 1.82) is 0 Å². The monoisotopic (exact) mass is 432 g/mol. The summed E-state index contributed by atoms with van der Waals surface area (Å²) in [4.78, 5) is 50.5. The molecule has 5 amide bonds. The van der Waals surface area contributed by atoms with E-state index in [4.69, 9.17) is 0 Å². The maximum absolute atomic E-state index is 12.8. The molecule has 1 aliphatic heterocycles. The van der Waals surface area contributed by atoms with Crippen molar-refractivity contribution in [3.05, 3.63) is 35.9 Å². The SMILES string of the molecule is CC[NH+](CC(=O)NN1C(=O)N[C@@](C)(CCc2ccccc2)C1=O)CC(=O)NC(C)(C)C. The Morgan fingerprint density at radius 1 is 1.10 bits per heavy atom. The summed E-state index contributed by atoms with van der Waals surface area (Å²) in [7, 11) is 0. The zero-order chi connectivity index (χ0) is 23.2. The van der Waals surface area contributed by atoms with Gasteiger partial charge in [0.2, 0.25) is 0 Å². The summed E-state index contributed by atoms with van der Waals surface area (Å²) in [6, 6.07) is 9.02. The van der Waals surface area contributed by atoms with Gasteiger partial charge in [-0.25, -0.2) is 4.79 Å². The van der Waals surface area contributed by atoms with Crippen LogP contribution in [-0.2, 0) is 20.8 Å². The molecule has 2 rings (SSSR count). The van der Waals surface area contributed by atoms with Crippen molar-refractivity contribution < 1.29 is 24.1 Å². The van der Waals surface area contributed by atoms with E-state index in [2.05, 4.69) is 16.1 Å². The third kappa shape index (κ3) is 7.06. The van der Waals surface area contributed by atoms with Crippen LogP contribution in [0.15, 0.2) is 30.3 Å². The molecule has 0 radical (unpaired) electrons. The summed E-state index contributed by atoms with van der Waals surface area (Å²) in [5, 5.41) is 6.29. The molecule has 2 atom stereocenters. The molecule has 170 valence electrons. The van der Waals surface area contributed by atoms with Gasteiger partial charge >= 0.3 is 6.03 Å². The summed E-state index contributed by atoms with van der Waals surface area (Å²) in [5.41, 5.74) is 2.01. The van der Waals surface area contributed by atoms with Crippen LogP contribution >= 0.6 is 0 Å². The number of quaternary nitrogens is 1. The van der Waals surface area contributed by atoms with E-state index in [1.54, 1.807) is 6.92 Å². The van der Waals surface area contributed by atoms with Crippen molar-refractivity contribution in [3.8, 4) is 0 Å². The number of hydrogen-bond acceptors (Lipinski definition) is 4. The lowest BCUT2D eigenvalue weighted by Gasteiger charge is -2.24. The second kappa shape index (κ2) is 9.91. The standard InChI is InChI=1S/C22H33N5O4/c1-6-26(14-17(28)23-21(2,3)4)15-18(29)25-27-19(30)22(5,24-20(27)31)13-12-16-10-8-7-9-11-16/h7-11H,6,12-15H2,1-5H3,(H,23,28)(H,24,31)(H,25,29)/p+1/t22-/m0/s1. The first-order valence-corrected chi connectivity index (χ1v) is 10.6. The highest BCUT2D eigenvalue weighted by Crippen LogP contribution is 2.22. The minimum atomic E-state index is -1.09. The minimum absolute atomic E-state index is 0.0359. The number of hydrogen-bond donors (Lipinski definition) is 4. The highest BCUT2D eigenvalue weighted by atomic mass is 16.2. The lowest BCUT2D eigenvalue weighted by atomic mass is 9.93. The number of amides is 5. The van der Waals surface area contributed by atoms with Gasteiger partial charge in [0.15, 0.2) is 13.1 Å². The Hall–Kier alpha value is -2.94. The molecule has 1 heterocycles. The molecule has 0 saturated carbocycles. The molecule has 0 aliphatic carbocycles. The average molecular weight is 433 g/mol. The topological polar surface area (TPSA) is 112 Å². The number of hydrazine groups is 1. The number of carbonyl (C=O) groups is 4. The molecule has 1 saturated heterocycles. The third-order valence-electron chi connectivity index (χ3n) is 5.09. The lowest BCUT2D eigenvalue weighted by Crippen LogP contribution is -3.14. The molecule has 1 fully saturated rings. The van der Waals surface area contributed by atoms with Gasteiger partial charge in [0.25, 0.3) is 17.7 Å². The Kier molecular flexibility index (Phi) is 7.78. The number of imide groups is 1. The number of rotatable bonds is 9. The van der Waals surface area contributed by atoms with Crippen LogP contribution in [0.1, 0.15) is 46.6 Å². The third-order valence-corrected chi connectivity index (χ3v) is 5.09. The molecule has 0 aromatic heterocycles. The molecule has 1 unspecified atom stereocenters. The van der Waals surface area contributed by atoms with E-state index >= 15 is 0 Å². The summed E-state index contributed by atoms with van der Waals surface area (Å²) < 4.78 is 0. The summed E-state index contributed by atoms with van der Waals surface area (Å²) >= 11 is 0. The van der Waals surface area contributed by atoms with Gasteiger partial charge in [-0.1, -0.05) is 30.3 Å². The van der Waals surface area contributed by atoms with Crippen LogP contribution in [0.3, 0.4) is 0 Å². The van der Waals surface area contributed by atoms with Crippen molar-refractivity contribution >= 4 is 23.8 Å². The molecule has 0 bridgehead atoms. The number of aryl methyl sites for hydroxylation is 1. The first kappa shape index (κ1) is 24.3. The van der Waals surface area contributed by atoms with Gasteiger partial charge in [-0.05, 0) is 53.0 Å². The molecule has 1 aromatic carbocycles. The molecule has 4 N–H and O–H groups in total. The van der Waals surface area contributed by atoms with Crippen LogP contribution < -0.4 is 21.0 Å². The highest BCUT2D eigenvalue weighted by molar-refractivity contribution is 6.07. The van der Waals surface area contributed by atoms with Gasteiger partial charge in [0.1, 0.15) is 5.54 Å². The number of benzene rings is 1. The van der Waals surface area contributed by atoms with E-state index < -0.39 is 23.4 Å². The van der Waals surface area contributed by atoms with E-state index in [-0.39, 0.29) is 24.5 Å². The van der Waals surface area contributed by atoms with Crippen LogP contribution in [0, 0.1) is 0 Å². The van der Waals surface area contributed by atoms with E-state index in [1.165, 1.54) is 0 Å². The molecular weight excluding hydrogens is 398 g/mol. The largest absolute Gasteiger partial charge is 0.347 e. The Balaban J connectivity index is 1.92. The van der Waals surface area contributed by atoms with Crippen molar-refractivity contribution in [3.63, 3.8) is 0 Å². The van der Waals surface area contributed by atoms with E-state index in [0.29, 0.717) is 19.4 Å². The van der Waals surface area contributed by atoms with Crippen LogP contribution in [0.2, 0.25) is 0 Å². The first-order chi connectivity index (χ1) is 14.4. The Labute approximate surface area is 183 Å². The van der Waals surface area contributed by atoms with Crippen LogP contribution in [-0.4, -0.2) is 59.5 Å². The van der Waals surface area contributed by atoms with Crippen LogP contribution in [0.4, 0.5) is 4.79 Å². The molecule has 9 heteroatoms. The van der Waals surface area contributed by atoms with Crippen molar-refractivity contribution in [2.75, 3.05) is 19.6 Å². The van der Waals surface area contributed by atoms with Crippen molar-refractivity contribution in [1.82, 2.24) is 21.1 Å². The maximum atomic E-state index is 12.8. The Bertz CT molecular complexity index is 821. The van der Waals surface area contributed by atoms with Gasteiger partial charge in [0, 0.05) is 5.54 Å². The number of urea groups is 1. The molecule has 1 aromatic rings. The fourth-order valence-electron chi connectivity index (χ4n) is 3.39. The minimum Gasteiger partial charge on any atom is -0.347 e. The number of nitrogens with one attached hydrogen (secondary N) is 4. The molecule has 0 spiro atoms. The second-order valence-corrected chi connectivity index (χ2v) is 9.18. The fourth-order valence-corrected chi connectivity index (χ4v) is 3.39. The molecule has 9 nitrogen and oxygen atoms in total. The van der Waals surface area contributed by atoms with E-state index in [0.717, 1.165) is 15.5 Å². The fraction of sp³-hybridized carbons (Fsp3) is 0.545. The van der Waals surface area contributed by atoms with Crippen molar-refractivity contribution in [2.45, 2.75) is 58.5 Å². The highest BCUT2D eigenvalue weighted by Gasteiger charge is 2.48. The van der Waals surface area contributed by atoms with Gasteiger partial charge in [-0.3, -0.25) is 19.8 Å². The Morgan fingerprint density at radius 2 is 1.71 bits per heavy atom. The lowest BCUT2D eigenvalue weighted by molar-refractivity contribution is -0.882. The quantitative estimate of drug-likeness (QED) is 0.404. The Morgan fingerprint density at radius 3 is 2.29 bits per heavy atom. The first-order valence-electron chi connectivity index (χ1n) is 10.6. The predicted octanol–water partition coefficient (Wildman–Crippen LogP) is -0.220. The molecular formula is C22H34N5O4+. The number of likely N-dealkylation sites (N-methyl/N-ethyl adjacent to an activating group) is 1. The normalized spacial score (nSPS) is 19.7. The predicted molar refractivity (Wildman–Crippen MR) is 116 cm³/mol. The average Bonchev–Trinajstić information content (AvgIpc) is 2.88. The summed E-state index contributed by atoms with van der Waals surface area (Å²) in [5.74, 6) is -1.16. The molecule has 1 aliphatic rings. The van der Waals surface area contributed by atoms with Gasteiger partial charge in [-0.15, -0.1) is 0 Å². The smallest absolute Gasteiger partial charge is 0.344 e. The second-order valence-electron chi connectivity index (χ2n) is 9.18. The molecule has 31 heavy (non-hydrogen) atoms. The summed E-state index contributed by atoms with van der Waals surface area (Å²) in [6.07, 6.45) is 1.02. The van der Waals surface area contributed by atoms with Crippen LogP contribution in [0.25, 0.3) is 0 Å².